The molecule has 0 saturated carbocycles. The first kappa shape index (κ1) is 29.3. The summed E-state index contributed by atoms with van der Waals surface area (Å²) in [6, 6.07) is 7.44. The number of nitrogens with two attached hydrogens (primary N) is 1. The van der Waals surface area contributed by atoms with Crippen LogP contribution in [0.15, 0.2) is 56.4 Å². The Bertz CT molecular complexity index is 1450. The summed E-state index contributed by atoms with van der Waals surface area (Å²) in [6.45, 7) is 1.54. The van der Waals surface area contributed by atoms with Crippen molar-refractivity contribution in [3.63, 3.8) is 0 Å². The molecule has 15 heteroatoms. The molecule has 0 bridgehead atoms. The van der Waals surface area contributed by atoms with E-state index in [4.69, 9.17) is 17.3 Å². The van der Waals surface area contributed by atoms with Gasteiger partial charge in [-0.2, -0.15) is 16.8 Å². The Kier molecular flexibility index (Phi) is 9.75. The van der Waals surface area contributed by atoms with Gasteiger partial charge in [-0.3, -0.25) is 9.11 Å². The average molecular weight is 518 g/mol. The van der Waals surface area contributed by atoms with Gasteiger partial charge in [0.25, 0.3) is 20.2 Å². The molecule has 32 heavy (non-hydrogen) atoms. The van der Waals surface area contributed by atoms with E-state index in [-0.39, 0.29) is 86.3 Å². The molecular weight excluding hydrogens is 504 g/mol. The summed E-state index contributed by atoms with van der Waals surface area (Å²) in [6.07, 6.45) is 0. The summed E-state index contributed by atoms with van der Waals surface area (Å²) in [5, 5.41) is 18.3. The molecule has 3 aromatic rings. The molecule has 3 rings (SSSR count). The Morgan fingerprint density at radius 2 is 1.50 bits per heavy atom. The number of nitrogen functional groups attached to an aromatic ring is 1. The first-order valence-electron chi connectivity index (χ1n) is 8.01. The summed E-state index contributed by atoms with van der Waals surface area (Å²) < 4.78 is 65.9. The van der Waals surface area contributed by atoms with E-state index < -0.39 is 41.5 Å². The molecule has 0 saturated heterocycles. The van der Waals surface area contributed by atoms with E-state index in [1.165, 1.54) is 31.2 Å². The molecule has 0 aliphatic heterocycles. The van der Waals surface area contributed by atoms with Crippen LogP contribution in [-0.4, -0.2) is 90.2 Å². The molecule has 0 aliphatic rings. The number of phenols is 1. The van der Waals surface area contributed by atoms with Gasteiger partial charge in [-0.15, -0.1) is 10.2 Å². The molecule has 0 aliphatic carbocycles. The maximum atomic E-state index is 11.8. The smallest absolute Gasteiger partial charge is 0.296 e. The average Bonchev–Trinajstić information content (AvgIpc) is 2.62. The zero-order valence-corrected chi connectivity index (χ0v) is 23.5. The molecule has 0 atom stereocenters. The first-order valence-corrected chi connectivity index (χ1v) is 11.3. The molecule has 3 aromatic carbocycles. The Balaban J connectivity index is 0.00000256. The number of azo groups is 1. The van der Waals surface area contributed by atoms with Crippen molar-refractivity contribution in [1.82, 2.24) is 0 Å². The summed E-state index contributed by atoms with van der Waals surface area (Å²) >= 11 is 5.89. The van der Waals surface area contributed by atoms with Crippen LogP contribution in [0.3, 0.4) is 0 Å². The number of fused-ring (bicyclic) bond motifs is 1. The van der Waals surface area contributed by atoms with Crippen molar-refractivity contribution in [2.45, 2.75) is 16.7 Å². The number of hydrogen-bond acceptors (Lipinski definition) is 8. The van der Waals surface area contributed by atoms with E-state index in [1.807, 2.05) is 0 Å². The van der Waals surface area contributed by atoms with Gasteiger partial charge in [-0.05, 0) is 48.2 Å². The number of phenolic OH excluding ortho intramolecular Hbond substituents is 1. The van der Waals surface area contributed by atoms with Crippen LogP contribution in [0.1, 0.15) is 5.56 Å². The Morgan fingerprint density at radius 1 is 0.906 bits per heavy atom. The van der Waals surface area contributed by atoms with Gasteiger partial charge in [0, 0.05) is 75.2 Å². The van der Waals surface area contributed by atoms with Crippen LogP contribution in [0.5, 0.6) is 5.75 Å². The molecule has 0 spiro atoms. The monoisotopic (exact) mass is 517 g/mol. The van der Waals surface area contributed by atoms with E-state index >= 15 is 0 Å². The van der Waals surface area contributed by atoms with Gasteiger partial charge in [0.2, 0.25) is 0 Å². The zero-order valence-electron chi connectivity index (χ0n) is 17.1. The van der Waals surface area contributed by atoms with Gasteiger partial charge in [0.05, 0.1) is 0 Å². The molecule has 10 nitrogen and oxygen atoms in total. The molecule has 0 heterocycles. The molecule has 0 unspecified atom stereocenters. The number of nitrogens with zero attached hydrogens (tertiary/aromatic N) is 2. The quantitative estimate of drug-likeness (QED) is 0.176. The van der Waals surface area contributed by atoms with E-state index in [0.717, 1.165) is 12.1 Å². The largest absolute Gasteiger partial charge is 0.505 e. The van der Waals surface area contributed by atoms with Gasteiger partial charge in [-0.1, -0.05) is 17.7 Å². The van der Waals surface area contributed by atoms with Gasteiger partial charge < -0.3 is 10.8 Å². The minimum absolute atomic E-state index is 0. The third-order valence-electron chi connectivity index (χ3n) is 4.13. The molecule has 0 fully saturated rings. The SMILES string of the molecule is Cc1cc(N=Nc2c(S(=O)(=O)O)cc3ccc(N)cc3c2O)c(S(=O)(=O)O)cc1Cl.[Na].[Na]. The molecule has 0 amide bonds. The van der Waals surface area contributed by atoms with Gasteiger partial charge in [-0.25, -0.2) is 0 Å². The van der Waals surface area contributed by atoms with Crippen LogP contribution in [0.25, 0.3) is 10.8 Å². The normalized spacial score (nSPS) is 11.9. The van der Waals surface area contributed by atoms with E-state index in [1.54, 1.807) is 0 Å². The Morgan fingerprint density at radius 3 is 2.06 bits per heavy atom. The maximum absolute atomic E-state index is 11.8. The second-order valence-electron chi connectivity index (χ2n) is 6.27. The van der Waals surface area contributed by atoms with Crippen molar-refractivity contribution in [3.8, 4) is 5.75 Å². The Labute approximate surface area is 233 Å². The van der Waals surface area contributed by atoms with E-state index in [9.17, 15) is 31.0 Å². The molecular formula is C17H14ClN3Na2O7S2. The number of anilines is 1. The van der Waals surface area contributed by atoms with Crippen LogP contribution in [0.2, 0.25) is 5.02 Å². The molecule has 0 aromatic heterocycles. The van der Waals surface area contributed by atoms with Crippen molar-refractivity contribution in [3.05, 3.63) is 47.0 Å². The van der Waals surface area contributed by atoms with Crippen LogP contribution < -0.4 is 5.73 Å². The number of benzene rings is 3. The fraction of sp³-hybridized carbons (Fsp3) is 0.0588. The second-order valence-corrected chi connectivity index (χ2v) is 9.46. The van der Waals surface area contributed by atoms with Crippen molar-refractivity contribution in [2.24, 2.45) is 10.2 Å². The fourth-order valence-corrected chi connectivity index (χ4v) is 4.21. The van der Waals surface area contributed by atoms with Crippen LogP contribution in [0.4, 0.5) is 17.1 Å². The first-order chi connectivity index (χ1) is 13.8. The zero-order chi connectivity index (χ0) is 22.4. The number of aryl methyl sites for hydroxylation is 1. The minimum Gasteiger partial charge on any atom is -0.505 e. The molecule has 5 N–H and O–H groups in total. The third kappa shape index (κ3) is 6.21. The number of hydrogen-bond donors (Lipinski definition) is 4. The topological polar surface area (TPSA) is 180 Å². The van der Waals surface area contributed by atoms with Crippen molar-refractivity contribution >= 4 is 119 Å². The van der Waals surface area contributed by atoms with Gasteiger partial charge in [0.1, 0.15) is 21.2 Å². The summed E-state index contributed by atoms with van der Waals surface area (Å²) in [7, 11) is -9.60. The van der Waals surface area contributed by atoms with E-state index in [2.05, 4.69) is 10.2 Å². The van der Waals surface area contributed by atoms with Crippen LogP contribution in [-0.2, 0) is 20.2 Å². The van der Waals surface area contributed by atoms with Crippen molar-refractivity contribution in [2.75, 3.05) is 5.73 Å². The Hall–Kier alpha value is -0.770. The van der Waals surface area contributed by atoms with E-state index in [0.29, 0.717) is 5.56 Å². The minimum atomic E-state index is -4.85. The maximum Gasteiger partial charge on any atom is 0.296 e. The molecule has 160 valence electrons. The number of halogens is 1. The predicted octanol–water partition coefficient (Wildman–Crippen LogP) is 3.24. The van der Waals surface area contributed by atoms with Crippen LogP contribution in [0, 0.1) is 6.92 Å². The summed E-state index contributed by atoms with van der Waals surface area (Å²) in [5.41, 5.74) is 5.33. The summed E-state index contributed by atoms with van der Waals surface area (Å²) in [4.78, 5) is -1.44. The predicted molar refractivity (Wildman–Crippen MR) is 122 cm³/mol. The van der Waals surface area contributed by atoms with Crippen molar-refractivity contribution < 1.29 is 31.0 Å². The van der Waals surface area contributed by atoms with Crippen molar-refractivity contribution in [1.29, 1.82) is 0 Å². The van der Waals surface area contributed by atoms with Gasteiger partial charge in [0.15, 0.2) is 5.75 Å². The summed E-state index contributed by atoms with van der Waals surface area (Å²) in [5.74, 6) is -0.657. The molecule has 2 radical (unpaired) electrons. The second kappa shape index (κ2) is 10.7. The van der Waals surface area contributed by atoms with Gasteiger partial charge >= 0.3 is 0 Å². The third-order valence-corrected chi connectivity index (χ3v) is 6.29. The fourth-order valence-electron chi connectivity index (χ4n) is 2.69. The number of rotatable bonds is 4. The standard InChI is InChI=1S/C17H14ClN3O7S2.2Na/c1-8-4-13(14(7-12(8)18)29(23,24)25)20-21-16-15(30(26,27)28)5-9-2-3-10(19)6-11(9)17(16)22;;/h2-7,22H,19H2,1H3,(H,23,24,25)(H,26,27,28);;. The number of aromatic hydroxyl groups is 1. The van der Waals surface area contributed by atoms with Crippen LogP contribution >= 0.6 is 11.6 Å².